The van der Waals surface area contributed by atoms with Gasteiger partial charge in [0.05, 0.1) is 5.41 Å². The summed E-state index contributed by atoms with van der Waals surface area (Å²) in [7, 11) is 0. The van der Waals surface area contributed by atoms with Crippen molar-refractivity contribution in [1.82, 2.24) is 0 Å². The summed E-state index contributed by atoms with van der Waals surface area (Å²) in [5.74, 6) is 1.29. The molecule has 0 amide bonds. The Hall–Kier alpha value is -1.96. The molecule has 1 atom stereocenters. The number of para-hydroxylation sites is 2. The van der Waals surface area contributed by atoms with E-state index in [9.17, 15) is 0 Å². The van der Waals surface area contributed by atoms with Crippen LogP contribution in [0.4, 0.5) is 0 Å². The zero-order chi connectivity index (χ0) is 16.3. The average molecular weight is 308 g/mol. The Kier molecular flexibility index (Phi) is 2.88. The van der Waals surface area contributed by atoms with Crippen LogP contribution in [-0.4, -0.2) is 5.79 Å². The summed E-state index contributed by atoms with van der Waals surface area (Å²) in [6.07, 6.45) is 1.85. The Morgan fingerprint density at radius 3 is 2.17 bits per heavy atom. The molecule has 1 spiro atoms. The van der Waals surface area contributed by atoms with E-state index in [0.717, 1.165) is 24.3 Å². The van der Waals surface area contributed by atoms with Gasteiger partial charge in [0.15, 0.2) is 0 Å². The van der Waals surface area contributed by atoms with Gasteiger partial charge in [-0.1, -0.05) is 64.1 Å². The van der Waals surface area contributed by atoms with Gasteiger partial charge < -0.3 is 9.47 Å². The third kappa shape index (κ3) is 1.81. The minimum Gasteiger partial charge on any atom is -0.451 e. The second-order valence-corrected chi connectivity index (χ2v) is 7.81. The maximum Gasteiger partial charge on any atom is 0.257 e. The third-order valence-corrected chi connectivity index (χ3v) is 6.32. The van der Waals surface area contributed by atoms with Crippen LogP contribution in [0, 0.1) is 5.41 Å². The molecule has 0 aliphatic carbocycles. The molecule has 2 aromatic carbocycles. The first-order valence-electron chi connectivity index (χ1n) is 8.43. The molecule has 1 unspecified atom stereocenters. The van der Waals surface area contributed by atoms with Gasteiger partial charge >= 0.3 is 0 Å². The number of hydrogen-bond donors (Lipinski definition) is 0. The van der Waals surface area contributed by atoms with Crippen LogP contribution in [0.3, 0.4) is 0 Å². The predicted molar refractivity (Wildman–Crippen MR) is 92.0 cm³/mol. The fraction of sp³-hybridized carbons (Fsp3) is 0.429. The topological polar surface area (TPSA) is 18.5 Å². The summed E-state index contributed by atoms with van der Waals surface area (Å²) < 4.78 is 13.1. The van der Waals surface area contributed by atoms with Crippen LogP contribution in [0.5, 0.6) is 11.5 Å². The molecule has 0 saturated carbocycles. The van der Waals surface area contributed by atoms with E-state index >= 15 is 0 Å². The first-order chi connectivity index (χ1) is 10.9. The molecular formula is C21H24O2. The summed E-state index contributed by atoms with van der Waals surface area (Å²) >= 11 is 0. The van der Waals surface area contributed by atoms with E-state index in [-0.39, 0.29) is 10.8 Å². The number of hydrogen-bond acceptors (Lipinski definition) is 2. The Morgan fingerprint density at radius 2 is 1.39 bits per heavy atom. The molecule has 120 valence electrons. The molecule has 23 heavy (non-hydrogen) atoms. The normalized spacial score (nSPS) is 26.6. The first kappa shape index (κ1) is 14.6. The van der Waals surface area contributed by atoms with Crippen LogP contribution in [0.2, 0.25) is 0 Å². The molecular weight excluding hydrogens is 284 g/mol. The summed E-state index contributed by atoms with van der Waals surface area (Å²) in [6.45, 7) is 9.16. The molecule has 2 heterocycles. The highest BCUT2D eigenvalue weighted by molar-refractivity contribution is 5.45. The van der Waals surface area contributed by atoms with E-state index in [2.05, 4.69) is 64.1 Å². The summed E-state index contributed by atoms with van der Waals surface area (Å²) in [6, 6.07) is 16.7. The molecule has 4 rings (SSSR count). The molecule has 0 saturated heterocycles. The first-order valence-corrected chi connectivity index (χ1v) is 8.43. The predicted octanol–water partition coefficient (Wildman–Crippen LogP) is 5.10. The van der Waals surface area contributed by atoms with E-state index < -0.39 is 5.79 Å². The van der Waals surface area contributed by atoms with Gasteiger partial charge in [-0.2, -0.15) is 0 Å². The van der Waals surface area contributed by atoms with E-state index in [1.165, 1.54) is 11.1 Å². The van der Waals surface area contributed by atoms with Crippen LogP contribution in [0.25, 0.3) is 0 Å². The molecule has 0 bridgehead atoms. The molecule has 2 aliphatic heterocycles. The van der Waals surface area contributed by atoms with Crippen LogP contribution in [0.15, 0.2) is 48.5 Å². The Bertz CT molecular complexity index is 760. The number of fused-ring (bicyclic) bond motifs is 2. The molecule has 0 radical (unpaired) electrons. The zero-order valence-electron chi connectivity index (χ0n) is 14.3. The number of benzene rings is 2. The summed E-state index contributed by atoms with van der Waals surface area (Å²) in [5, 5.41) is 0. The van der Waals surface area contributed by atoms with Crippen LogP contribution in [-0.2, 0) is 11.8 Å². The molecule has 2 nitrogen and oxygen atoms in total. The fourth-order valence-electron chi connectivity index (χ4n) is 4.04. The summed E-state index contributed by atoms with van der Waals surface area (Å²) in [5.41, 5.74) is 2.32. The van der Waals surface area contributed by atoms with Crippen LogP contribution >= 0.6 is 0 Å². The Balaban J connectivity index is 1.88. The van der Waals surface area contributed by atoms with Gasteiger partial charge in [0, 0.05) is 17.4 Å². The lowest BCUT2D eigenvalue weighted by Gasteiger charge is -2.58. The standard InChI is InChI=1S/C21H24O2/c1-19(2)16-10-6-8-12-18(16)23-21(20(19,3)4)14-13-15-9-5-7-11-17(15)22-21/h5-12H,13-14H2,1-4H3. The number of rotatable bonds is 0. The Labute approximate surface area is 138 Å². The molecule has 0 fully saturated rings. The quantitative estimate of drug-likeness (QED) is 0.674. The second-order valence-electron chi connectivity index (χ2n) is 7.81. The average Bonchev–Trinajstić information content (AvgIpc) is 2.54. The Morgan fingerprint density at radius 1 is 0.783 bits per heavy atom. The van der Waals surface area contributed by atoms with E-state index in [4.69, 9.17) is 9.47 Å². The second kappa shape index (κ2) is 4.53. The van der Waals surface area contributed by atoms with Gasteiger partial charge in [0.2, 0.25) is 0 Å². The van der Waals surface area contributed by atoms with Crippen LogP contribution in [0.1, 0.15) is 45.2 Å². The third-order valence-electron chi connectivity index (χ3n) is 6.32. The van der Waals surface area contributed by atoms with Crippen molar-refractivity contribution in [2.45, 2.75) is 51.7 Å². The zero-order valence-corrected chi connectivity index (χ0v) is 14.3. The van der Waals surface area contributed by atoms with Crippen molar-refractivity contribution >= 4 is 0 Å². The maximum atomic E-state index is 6.55. The number of ether oxygens (including phenoxy) is 2. The van der Waals surface area contributed by atoms with Gasteiger partial charge in [-0.05, 0) is 24.1 Å². The van der Waals surface area contributed by atoms with Crippen molar-refractivity contribution in [2.75, 3.05) is 0 Å². The van der Waals surface area contributed by atoms with Gasteiger partial charge in [-0.3, -0.25) is 0 Å². The number of aryl methyl sites for hydroxylation is 1. The van der Waals surface area contributed by atoms with Crippen molar-refractivity contribution < 1.29 is 9.47 Å². The smallest absolute Gasteiger partial charge is 0.257 e. The van der Waals surface area contributed by atoms with Gasteiger partial charge in [-0.25, -0.2) is 0 Å². The highest BCUT2D eigenvalue weighted by Crippen LogP contribution is 2.59. The molecule has 2 aliphatic rings. The minimum absolute atomic E-state index is 0.0475. The van der Waals surface area contributed by atoms with Crippen LogP contribution < -0.4 is 9.47 Å². The lowest BCUT2D eigenvalue weighted by molar-refractivity contribution is -0.234. The maximum absolute atomic E-state index is 6.55. The summed E-state index contributed by atoms with van der Waals surface area (Å²) in [4.78, 5) is 0. The highest BCUT2D eigenvalue weighted by atomic mass is 16.7. The largest absolute Gasteiger partial charge is 0.451 e. The lowest BCUT2D eigenvalue weighted by Crippen LogP contribution is -2.65. The lowest BCUT2D eigenvalue weighted by atomic mass is 9.57. The van der Waals surface area contributed by atoms with E-state index in [1.54, 1.807) is 0 Å². The van der Waals surface area contributed by atoms with Crippen molar-refractivity contribution in [3.8, 4) is 11.5 Å². The van der Waals surface area contributed by atoms with Crippen molar-refractivity contribution in [3.05, 3.63) is 59.7 Å². The fourth-order valence-corrected chi connectivity index (χ4v) is 4.04. The van der Waals surface area contributed by atoms with Gasteiger partial charge in [0.1, 0.15) is 11.5 Å². The van der Waals surface area contributed by atoms with Crippen molar-refractivity contribution in [3.63, 3.8) is 0 Å². The van der Waals surface area contributed by atoms with Crippen molar-refractivity contribution in [1.29, 1.82) is 0 Å². The molecule has 2 aromatic rings. The van der Waals surface area contributed by atoms with Crippen molar-refractivity contribution in [2.24, 2.45) is 5.41 Å². The van der Waals surface area contributed by atoms with E-state index in [0.29, 0.717) is 0 Å². The molecule has 0 N–H and O–H groups in total. The SMILES string of the molecule is CC1(C)c2ccccc2OC2(CCc3ccccc3O2)C1(C)C. The molecule has 2 heteroatoms. The van der Waals surface area contributed by atoms with Gasteiger partial charge in [-0.15, -0.1) is 0 Å². The molecule has 0 aromatic heterocycles. The highest BCUT2D eigenvalue weighted by Gasteiger charge is 2.62. The minimum atomic E-state index is -0.626. The van der Waals surface area contributed by atoms with Gasteiger partial charge in [0.25, 0.3) is 5.79 Å². The monoisotopic (exact) mass is 308 g/mol. The van der Waals surface area contributed by atoms with E-state index in [1.807, 2.05) is 12.1 Å².